The number of amides is 1. The number of aryl methyl sites for hydroxylation is 2. The fourth-order valence-corrected chi connectivity index (χ4v) is 3.33. The summed E-state index contributed by atoms with van der Waals surface area (Å²) in [6.07, 6.45) is -4.74. The van der Waals surface area contributed by atoms with E-state index in [-0.39, 0.29) is 18.7 Å². The standard InChI is InChI=1S/C19H18Cl2F3N5O/c1-11-8-15(26-29(11)10-13-4-3-5-14(20)9-13)25-16(30)6-7-28-12(2)17(21)18(27-28)19(22,23)24/h3-5,8-9H,6-7,10H2,1-2H3,(H,25,26,30). The fraction of sp³-hybridized carbons (Fsp3) is 0.316. The van der Waals surface area contributed by atoms with Crippen molar-refractivity contribution in [2.45, 2.75) is 39.5 Å². The number of alkyl halides is 3. The Bertz CT molecular complexity index is 1070. The van der Waals surface area contributed by atoms with Crippen LogP contribution in [-0.2, 0) is 24.1 Å². The SMILES string of the molecule is Cc1cc(NC(=O)CCn2nc(C(F)(F)F)c(Cl)c2C)nn1Cc1cccc(Cl)c1. The number of rotatable bonds is 6. The molecule has 11 heteroatoms. The monoisotopic (exact) mass is 459 g/mol. The first-order valence-electron chi connectivity index (χ1n) is 8.93. The fourth-order valence-electron chi connectivity index (χ4n) is 2.88. The van der Waals surface area contributed by atoms with E-state index in [0.29, 0.717) is 17.4 Å². The Hall–Kier alpha value is -2.52. The van der Waals surface area contributed by atoms with Gasteiger partial charge in [-0.05, 0) is 31.5 Å². The van der Waals surface area contributed by atoms with Gasteiger partial charge < -0.3 is 5.32 Å². The molecule has 2 heterocycles. The molecule has 0 saturated heterocycles. The molecular formula is C19H18Cl2F3N5O. The molecule has 0 aliphatic heterocycles. The van der Waals surface area contributed by atoms with Gasteiger partial charge in [0, 0.05) is 23.2 Å². The molecule has 0 saturated carbocycles. The van der Waals surface area contributed by atoms with Crippen molar-refractivity contribution in [1.82, 2.24) is 19.6 Å². The molecule has 6 nitrogen and oxygen atoms in total. The molecule has 30 heavy (non-hydrogen) atoms. The third-order valence-corrected chi connectivity index (χ3v) is 5.11. The Morgan fingerprint density at radius 1 is 1.13 bits per heavy atom. The average Bonchev–Trinajstić information content (AvgIpc) is 3.13. The number of nitrogens with one attached hydrogen (secondary N) is 1. The lowest BCUT2D eigenvalue weighted by Gasteiger charge is -2.06. The Labute approximate surface area is 180 Å². The van der Waals surface area contributed by atoms with Crippen molar-refractivity contribution in [3.63, 3.8) is 0 Å². The molecule has 1 amide bonds. The van der Waals surface area contributed by atoms with Gasteiger partial charge >= 0.3 is 6.18 Å². The summed E-state index contributed by atoms with van der Waals surface area (Å²) in [5.74, 6) is -0.0484. The lowest BCUT2D eigenvalue weighted by molar-refractivity contribution is -0.141. The highest BCUT2D eigenvalue weighted by molar-refractivity contribution is 6.32. The van der Waals surface area contributed by atoms with Crippen LogP contribution in [0.4, 0.5) is 19.0 Å². The normalized spacial score (nSPS) is 11.7. The molecule has 160 valence electrons. The number of carbonyl (C=O) groups is 1. The van der Waals surface area contributed by atoms with E-state index >= 15 is 0 Å². The minimum atomic E-state index is -4.65. The molecule has 0 radical (unpaired) electrons. The Morgan fingerprint density at radius 3 is 2.50 bits per heavy atom. The average molecular weight is 460 g/mol. The highest BCUT2D eigenvalue weighted by Gasteiger charge is 2.38. The summed E-state index contributed by atoms with van der Waals surface area (Å²) in [6, 6.07) is 9.07. The number of benzene rings is 1. The second-order valence-corrected chi connectivity index (χ2v) is 7.54. The van der Waals surface area contributed by atoms with Gasteiger partial charge in [0.15, 0.2) is 11.5 Å². The molecule has 0 unspecified atom stereocenters. The number of halogens is 5. The van der Waals surface area contributed by atoms with Crippen LogP contribution in [0.5, 0.6) is 0 Å². The van der Waals surface area contributed by atoms with E-state index in [9.17, 15) is 18.0 Å². The third kappa shape index (κ3) is 5.14. The first-order valence-corrected chi connectivity index (χ1v) is 9.69. The molecule has 0 aliphatic rings. The largest absolute Gasteiger partial charge is 0.436 e. The summed E-state index contributed by atoms with van der Waals surface area (Å²) in [4.78, 5) is 12.2. The number of anilines is 1. The van der Waals surface area contributed by atoms with Gasteiger partial charge in [-0.2, -0.15) is 23.4 Å². The molecule has 3 rings (SSSR count). The first-order chi connectivity index (χ1) is 14.0. The van der Waals surface area contributed by atoms with E-state index in [1.165, 1.54) is 6.92 Å². The third-order valence-electron chi connectivity index (χ3n) is 4.42. The number of nitrogens with zero attached hydrogens (tertiary/aromatic N) is 4. The Morgan fingerprint density at radius 2 is 1.87 bits per heavy atom. The minimum absolute atomic E-state index is 0.0460. The smallest absolute Gasteiger partial charge is 0.309 e. The Balaban J connectivity index is 1.62. The van der Waals surface area contributed by atoms with Gasteiger partial charge in [0.1, 0.15) is 0 Å². The second-order valence-electron chi connectivity index (χ2n) is 6.73. The lowest BCUT2D eigenvalue weighted by Crippen LogP contribution is -2.16. The first kappa shape index (κ1) is 22.2. The summed E-state index contributed by atoms with van der Waals surface area (Å²) < 4.78 is 41.5. The van der Waals surface area contributed by atoms with Crippen LogP contribution in [0.15, 0.2) is 30.3 Å². The van der Waals surface area contributed by atoms with Crippen LogP contribution in [0.25, 0.3) is 0 Å². The molecule has 0 spiro atoms. The Kier molecular flexibility index (Phi) is 6.42. The maximum Gasteiger partial charge on any atom is 0.436 e. The molecule has 0 atom stereocenters. The van der Waals surface area contributed by atoms with Crippen LogP contribution in [0.2, 0.25) is 10.0 Å². The molecule has 1 N–H and O–H groups in total. The predicted octanol–water partition coefficient (Wildman–Crippen LogP) is 5.10. The summed E-state index contributed by atoms with van der Waals surface area (Å²) >= 11 is 11.7. The topological polar surface area (TPSA) is 64.7 Å². The highest BCUT2D eigenvalue weighted by Crippen LogP contribution is 2.35. The molecule has 0 fully saturated rings. The van der Waals surface area contributed by atoms with Gasteiger partial charge in [0.2, 0.25) is 5.91 Å². The summed E-state index contributed by atoms with van der Waals surface area (Å²) in [5, 5.41) is 10.6. The van der Waals surface area contributed by atoms with Gasteiger partial charge in [0.05, 0.1) is 23.8 Å². The minimum Gasteiger partial charge on any atom is -0.309 e. The van der Waals surface area contributed by atoms with E-state index in [2.05, 4.69) is 15.5 Å². The van der Waals surface area contributed by atoms with Crippen LogP contribution in [-0.4, -0.2) is 25.5 Å². The maximum absolute atomic E-state index is 12.9. The number of aromatic nitrogens is 4. The molecule has 1 aromatic carbocycles. The van der Waals surface area contributed by atoms with E-state index in [4.69, 9.17) is 23.2 Å². The van der Waals surface area contributed by atoms with Crippen molar-refractivity contribution in [3.8, 4) is 0 Å². The van der Waals surface area contributed by atoms with Crippen LogP contribution < -0.4 is 5.32 Å². The maximum atomic E-state index is 12.9. The zero-order valence-corrected chi connectivity index (χ0v) is 17.6. The quantitative estimate of drug-likeness (QED) is 0.557. The number of carbonyl (C=O) groups excluding carboxylic acids is 1. The van der Waals surface area contributed by atoms with Crippen LogP contribution >= 0.6 is 23.2 Å². The summed E-state index contributed by atoms with van der Waals surface area (Å²) in [6.45, 7) is 3.70. The molecular weight excluding hydrogens is 442 g/mol. The van der Waals surface area contributed by atoms with Gasteiger partial charge in [-0.3, -0.25) is 14.2 Å². The van der Waals surface area contributed by atoms with Crippen molar-refractivity contribution in [2.24, 2.45) is 0 Å². The second kappa shape index (κ2) is 8.69. The van der Waals surface area contributed by atoms with E-state index in [0.717, 1.165) is 15.9 Å². The summed E-state index contributed by atoms with van der Waals surface area (Å²) in [5.41, 5.74) is 0.781. The van der Waals surface area contributed by atoms with Crippen LogP contribution in [0, 0.1) is 13.8 Å². The van der Waals surface area contributed by atoms with Crippen molar-refractivity contribution in [1.29, 1.82) is 0 Å². The lowest BCUT2D eigenvalue weighted by atomic mass is 10.2. The number of hydrogen-bond donors (Lipinski definition) is 1. The van der Waals surface area contributed by atoms with Crippen molar-refractivity contribution < 1.29 is 18.0 Å². The molecule has 0 aliphatic carbocycles. The predicted molar refractivity (Wildman–Crippen MR) is 108 cm³/mol. The molecule has 0 bridgehead atoms. The van der Waals surface area contributed by atoms with Crippen molar-refractivity contribution >= 4 is 34.9 Å². The van der Waals surface area contributed by atoms with E-state index < -0.39 is 22.8 Å². The van der Waals surface area contributed by atoms with Crippen molar-refractivity contribution in [2.75, 3.05) is 5.32 Å². The highest BCUT2D eigenvalue weighted by atomic mass is 35.5. The van der Waals surface area contributed by atoms with Crippen molar-refractivity contribution in [3.05, 3.63) is 63.0 Å². The van der Waals surface area contributed by atoms with E-state index in [1.54, 1.807) is 16.8 Å². The van der Waals surface area contributed by atoms with Gasteiger partial charge in [-0.15, -0.1) is 0 Å². The van der Waals surface area contributed by atoms with Crippen LogP contribution in [0.3, 0.4) is 0 Å². The van der Waals surface area contributed by atoms with Gasteiger partial charge in [-0.1, -0.05) is 35.3 Å². The summed E-state index contributed by atoms with van der Waals surface area (Å²) in [7, 11) is 0. The molecule has 3 aromatic rings. The zero-order valence-electron chi connectivity index (χ0n) is 16.1. The van der Waals surface area contributed by atoms with Crippen LogP contribution in [0.1, 0.15) is 29.1 Å². The molecule has 2 aromatic heterocycles. The zero-order chi connectivity index (χ0) is 22.1. The number of hydrogen-bond acceptors (Lipinski definition) is 3. The van der Waals surface area contributed by atoms with Gasteiger partial charge in [-0.25, -0.2) is 0 Å². The van der Waals surface area contributed by atoms with Gasteiger partial charge in [0.25, 0.3) is 0 Å². The van der Waals surface area contributed by atoms with E-state index in [1.807, 2.05) is 25.1 Å².